The monoisotopic (exact) mass is 335 g/mol. The summed E-state index contributed by atoms with van der Waals surface area (Å²) in [7, 11) is 0. The van der Waals surface area contributed by atoms with Gasteiger partial charge in [0.1, 0.15) is 0 Å². The van der Waals surface area contributed by atoms with Crippen LogP contribution in [-0.2, 0) is 6.18 Å². The van der Waals surface area contributed by atoms with Crippen molar-refractivity contribution < 1.29 is 18.1 Å². The highest BCUT2D eigenvalue weighted by Crippen LogP contribution is 2.35. The third-order valence-electron chi connectivity index (χ3n) is 3.18. The van der Waals surface area contributed by atoms with Gasteiger partial charge in [-0.05, 0) is 6.07 Å². The highest BCUT2D eigenvalue weighted by molar-refractivity contribution is 5.65. The average Bonchev–Trinajstić information content (AvgIpc) is 3.04. The minimum Gasteiger partial charge on any atom is -0.264 e. The molecule has 0 spiro atoms. The number of hydrogen-bond donors (Lipinski definition) is 1. The fourth-order valence-electron chi connectivity index (χ4n) is 2.10. The summed E-state index contributed by atoms with van der Waals surface area (Å²) in [6.45, 7) is 0. The summed E-state index contributed by atoms with van der Waals surface area (Å²) in [6.07, 6.45) is -2.53. The van der Waals surface area contributed by atoms with Gasteiger partial charge in [-0.1, -0.05) is 12.1 Å². The zero-order chi connectivity index (χ0) is 17.3. The van der Waals surface area contributed by atoms with Gasteiger partial charge < -0.3 is 0 Å². The molecule has 0 aliphatic rings. The number of H-pyrrole nitrogens is 1. The van der Waals surface area contributed by atoms with E-state index in [9.17, 15) is 23.3 Å². The van der Waals surface area contributed by atoms with Gasteiger partial charge in [0.25, 0.3) is 5.69 Å². The van der Waals surface area contributed by atoms with Gasteiger partial charge in [-0.2, -0.15) is 18.3 Å². The maximum atomic E-state index is 13.0. The van der Waals surface area contributed by atoms with Crippen LogP contribution in [0.5, 0.6) is 0 Å². The molecule has 0 saturated heterocycles. The van der Waals surface area contributed by atoms with Crippen molar-refractivity contribution in [2.45, 2.75) is 6.18 Å². The molecule has 24 heavy (non-hydrogen) atoms. The van der Waals surface area contributed by atoms with Crippen molar-refractivity contribution in [3.05, 3.63) is 58.4 Å². The molecule has 2 heterocycles. The Hall–Kier alpha value is -3.30. The largest absolute Gasteiger partial charge is 0.417 e. The SMILES string of the molecule is O=[N+]([O-])c1cccc(-c2nc(-c3cnccc3C(F)(F)F)n[nH]2)c1. The molecule has 0 bridgehead atoms. The Balaban J connectivity index is 2.04. The Morgan fingerprint density at radius 2 is 2.00 bits per heavy atom. The summed E-state index contributed by atoms with van der Waals surface area (Å²) >= 11 is 0. The van der Waals surface area contributed by atoms with E-state index in [1.54, 1.807) is 0 Å². The molecule has 0 radical (unpaired) electrons. The molecule has 0 atom stereocenters. The summed E-state index contributed by atoms with van der Waals surface area (Å²) in [5.41, 5.74) is -1.02. The Bertz CT molecular complexity index is 907. The van der Waals surface area contributed by atoms with Gasteiger partial charge >= 0.3 is 6.18 Å². The van der Waals surface area contributed by atoms with E-state index < -0.39 is 16.7 Å². The number of nitrogens with zero attached hydrogens (tertiary/aromatic N) is 4. The van der Waals surface area contributed by atoms with Gasteiger partial charge in [0.05, 0.1) is 16.1 Å². The van der Waals surface area contributed by atoms with E-state index in [1.165, 1.54) is 24.3 Å². The number of benzene rings is 1. The highest BCUT2D eigenvalue weighted by Gasteiger charge is 2.34. The number of nitrogens with one attached hydrogen (secondary N) is 1. The van der Waals surface area contributed by atoms with Gasteiger partial charge in [0, 0.05) is 30.1 Å². The molecule has 0 amide bonds. The highest BCUT2D eigenvalue weighted by atomic mass is 19.4. The van der Waals surface area contributed by atoms with Crippen LogP contribution in [0.4, 0.5) is 18.9 Å². The van der Waals surface area contributed by atoms with Gasteiger partial charge in [-0.15, -0.1) is 0 Å². The van der Waals surface area contributed by atoms with E-state index in [0.29, 0.717) is 5.56 Å². The fourth-order valence-corrected chi connectivity index (χ4v) is 2.10. The smallest absolute Gasteiger partial charge is 0.264 e. The summed E-state index contributed by atoms with van der Waals surface area (Å²) in [4.78, 5) is 17.9. The number of halogens is 3. The molecule has 0 unspecified atom stereocenters. The number of aromatic nitrogens is 4. The molecule has 0 aliphatic carbocycles. The molecule has 2 aromatic heterocycles. The molecule has 3 aromatic rings. The number of alkyl halides is 3. The van der Waals surface area contributed by atoms with Crippen LogP contribution in [0, 0.1) is 10.1 Å². The predicted octanol–water partition coefficient (Wildman–Crippen LogP) is 3.46. The lowest BCUT2D eigenvalue weighted by Crippen LogP contribution is -2.07. The summed E-state index contributed by atoms with van der Waals surface area (Å²) < 4.78 is 39.1. The Morgan fingerprint density at radius 3 is 2.71 bits per heavy atom. The van der Waals surface area contributed by atoms with Crippen LogP contribution in [0.1, 0.15) is 5.56 Å². The molecule has 1 aromatic carbocycles. The van der Waals surface area contributed by atoms with Crippen LogP contribution in [0.15, 0.2) is 42.7 Å². The molecule has 7 nitrogen and oxygen atoms in total. The van der Waals surface area contributed by atoms with E-state index in [2.05, 4.69) is 20.2 Å². The summed E-state index contributed by atoms with van der Waals surface area (Å²) in [5, 5.41) is 17.0. The van der Waals surface area contributed by atoms with Crippen LogP contribution < -0.4 is 0 Å². The minimum atomic E-state index is -4.58. The average molecular weight is 335 g/mol. The Labute approximate surface area is 132 Å². The molecule has 122 valence electrons. The van der Waals surface area contributed by atoms with Gasteiger partial charge in [-0.3, -0.25) is 20.2 Å². The third kappa shape index (κ3) is 2.93. The Kier molecular flexibility index (Phi) is 3.72. The molecule has 0 saturated carbocycles. The fraction of sp³-hybridized carbons (Fsp3) is 0.0714. The number of hydrogen-bond acceptors (Lipinski definition) is 5. The standard InChI is InChI=1S/C14H8F3N5O2/c15-14(16,17)11-4-5-18-7-10(11)13-19-12(20-21-13)8-2-1-3-9(6-8)22(23)24/h1-7H,(H,19,20,21). The molecule has 3 rings (SSSR count). The lowest BCUT2D eigenvalue weighted by Gasteiger charge is -2.09. The first-order valence-corrected chi connectivity index (χ1v) is 6.55. The summed E-state index contributed by atoms with van der Waals surface area (Å²) in [5.74, 6) is -0.0809. The number of aromatic amines is 1. The molecule has 0 aliphatic heterocycles. The number of rotatable bonds is 3. The lowest BCUT2D eigenvalue weighted by molar-refractivity contribution is -0.384. The van der Waals surface area contributed by atoms with Crippen molar-refractivity contribution in [3.63, 3.8) is 0 Å². The first kappa shape index (κ1) is 15.6. The normalized spacial score (nSPS) is 11.5. The minimum absolute atomic E-state index is 0.116. The molecule has 1 N–H and O–H groups in total. The lowest BCUT2D eigenvalue weighted by atomic mass is 10.1. The van der Waals surface area contributed by atoms with E-state index in [1.807, 2.05) is 0 Å². The van der Waals surface area contributed by atoms with Crippen LogP contribution >= 0.6 is 0 Å². The first-order chi connectivity index (χ1) is 11.4. The van der Waals surface area contributed by atoms with Crippen molar-refractivity contribution in [3.8, 4) is 22.8 Å². The molecule has 10 heteroatoms. The van der Waals surface area contributed by atoms with Gasteiger partial charge in [0.15, 0.2) is 11.6 Å². The second-order valence-corrected chi connectivity index (χ2v) is 4.73. The molecular formula is C14H8F3N5O2. The van der Waals surface area contributed by atoms with Crippen molar-refractivity contribution in [2.75, 3.05) is 0 Å². The maximum absolute atomic E-state index is 13.0. The van der Waals surface area contributed by atoms with Crippen molar-refractivity contribution in [1.82, 2.24) is 20.2 Å². The van der Waals surface area contributed by atoms with Crippen molar-refractivity contribution in [2.24, 2.45) is 0 Å². The van der Waals surface area contributed by atoms with E-state index in [4.69, 9.17) is 0 Å². The molecular weight excluding hydrogens is 327 g/mol. The molecule has 0 fully saturated rings. The van der Waals surface area contributed by atoms with Crippen LogP contribution in [-0.4, -0.2) is 25.1 Å². The van der Waals surface area contributed by atoms with Crippen molar-refractivity contribution in [1.29, 1.82) is 0 Å². The van der Waals surface area contributed by atoms with E-state index in [-0.39, 0.29) is 22.9 Å². The predicted molar refractivity (Wildman–Crippen MR) is 76.7 cm³/mol. The van der Waals surface area contributed by atoms with E-state index in [0.717, 1.165) is 18.5 Å². The quantitative estimate of drug-likeness (QED) is 0.584. The zero-order valence-corrected chi connectivity index (χ0v) is 11.8. The number of pyridine rings is 1. The number of non-ortho nitro benzene ring substituents is 1. The van der Waals surface area contributed by atoms with Crippen molar-refractivity contribution >= 4 is 5.69 Å². The topological polar surface area (TPSA) is 97.6 Å². The number of nitro benzene ring substituents is 1. The van der Waals surface area contributed by atoms with Gasteiger partial charge in [0.2, 0.25) is 0 Å². The Morgan fingerprint density at radius 1 is 1.21 bits per heavy atom. The third-order valence-corrected chi connectivity index (χ3v) is 3.18. The first-order valence-electron chi connectivity index (χ1n) is 6.55. The summed E-state index contributed by atoms with van der Waals surface area (Å²) in [6, 6.07) is 6.35. The van der Waals surface area contributed by atoms with E-state index >= 15 is 0 Å². The van der Waals surface area contributed by atoms with Crippen LogP contribution in [0.3, 0.4) is 0 Å². The van der Waals surface area contributed by atoms with Crippen LogP contribution in [0.25, 0.3) is 22.8 Å². The second-order valence-electron chi connectivity index (χ2n) is 4.73. The maximum Gasteiger partial charge on any atom is 0.417 e. The zero-order valence-electron chi connectivity index (χ0n) is 11.8. The number of nitro groups is 1. The van der Waals surface area contributed by atoms with Crippen LogP contribution in [0.2, 0.25) is 0 Å². The van der Waals surface area contributed by atoms with Gasteiger partial charge in [-0.25, -0.2) is 4.98 Å². The second kappa shape index (κ2) is 5.72.